The molecule has 7 heteroatoms. The van der Waals surface area contributed by atoms with Gasteiger partial charge in [-0.15, -0.1) is 5.10 Å². The number of benzene rings is 1. The topological polar surface area (TPSA) is 63.1 Å². The van der Waals surface area contributed by atoms with Crippen molar-refractivity contribution < 1.29 is 4.79 Å². The van der Waals surface area contributed by atoms with Gasteiger partial charge in [0, 0.05) is 23.6 Å². The van der Waals surface area contributed by atoms with Crippen molar-refractivity contribution in [3.8, 4) is 5.69 Å². The number of carbonyl (C=O) groups excluding carboxylic acids is 1. The van der Waals surface area contributed by atoms with Gasteiger partial charge in [0.2, 0.25) is 0 Å². The Kier molecular flexibility index (Phi) is 6.43. The van der Waals surface area contributed by atoms with Gasteiger partial charge in [-0.2, -0.15) is 0 Å². The van der Waals surface area contributed by atoms with Gasteiger partial charge in [-0.3, -0.25) is 4.79 Å². The Morgan fingerprint density at radius 2 is 2.12 bits per heavy atom. The van der Waals surface area contributed by atoms with Crippen LogP contribution in [0.3, 0.4) is 0 Å². The first-order valence-corrected chi connectivity index (χ1v) is 10.1. The molecule has 1 aliphatic heterocycles. The number of rotatable bonds is 6. The van der Waals surface area contributed by atoms with Crippen LogP contribution in [0.2, 0.25) is 0 Å². The predicted octanol–water partition coefficient (Wildman–Crippen LogP) is 3.33. The van der Waals surface area contributed by atoms with E-state index >= 15 is 0 Å². The largest absolute Gasteiger partial charge is 0.348 e. The van der Waals surface area contributed by atoms with Gasteiger partial charge in [0.15, 0.2) is 5.69 Å². The average Bonchev–Trinajstić information content (AvgIpc) is 3.03. The van der Waals surface area contributed by atoms with E-state index in [9.17, 15) is 4.79 Å². The maximum atomic E-state index is 12.6. The minimum absolute atomic E-state index is 0.129. The number of amides is 1. The lowest BCUT2D eigenvalue weighted by molar-refractivity contribution is 0.0905. The Morgan fingerprint density at radius 3 is 2.81 bits per heavy atom. The number of unbranched alkanes of at least 4 members (excludes halogenated alkanes) is 1. The summed E-state index contributed by atoms with van der Waals surface area (Å²) in [5.74, 6) is -0.129. The van der Waals surface area contributed by atoms with Crippen molar-refractivity contribution in [1.29, 1.82) is 0 Å². The van der Waals surface area contributed by atoms with Gasteiger partial charge < -0.3 is 10.2 Å². The third kappa shape index (κ3) is 4.51. The number of likely N-dealkylation sites (tertiary alicyclic amines) is 1. The number of carbonyl (C=O) groups is 1. The molecule has 0 unspecified atom stereocenters. The molecular weight excluding hydrogens is 394 g/mol. The molecule has 0 aliphatic carbocycles. The van der Waals surface area contributed by atoms with Crippen molar-refractivity contribution in [1.82, 2.24) is 25.2 Å². The van der Waals surface area contributed by atoms with Crippen LogP contribution in [0, 0.1) is 6.92 Å². The molecule has 2 aromatic rings. The summed E-state index contributed by atoms with van der Waals surface area (Å²) in [6, 6.07) is 8.01. The number of aromatic nitrogens is 3. The highest BCUT2D eigenvalue weighted by atomic mass is 79.9. The summed E-state index contributed by atoms with van der Waals surface area (Å²) in [7, 11) is 0. The summed E-state index contributed by atoms with van der Waals surface area (Å²) < 4.78 is 2.67. The van der Waals surface area contributed by atoms with Crippen LogP contribution in [0.1, 0.15) is 48.8 Å². The summed E-state index contributed by atoms with van der Waals surface area (Å²) in [6.07, 6.45) is 4.46. The highest BCUT2D eigenvalue weighted by molar-refractivity contribution is 9.10. The molecule has 1 aromatic carbocycles. The number of nitrogens with one attached hydrogen (secondary N) is 1. The molecular formula is C19H26BrN5O. The Hall–Kier alpha value is -1.73. The van der Waals surface area contributed by atoms with E-state index in [0.29, 0.717) is 5.69 Å². The highest BCUT2D eigenvalue weighted by Gasteiger charge is 2.23. The van der Waals surface area contributed by atoms with Gasteiger partial charge >= 0.3 is 0 Å². The molecule has 1 amide bonds. The SMILES string of the molecule is CCCCN1CCC(NC(=O)c2nnn(-c3cccc(Br)c3)c2C)CC1. The van der Waals surface area contributed by atoms with E-state index in [1.54, 1.807) is 4.68 Å². The van der Waals surface area contributed by atoms with Crippen LogP contribution in [-0.2, 0) is 0 Å². The lowest BCUT2D eigenvalue weighted by Gasteiger charge is -2.32. The van der Waals surface area contributed by atoms with Crippen LogP contribution in [-0.4, -0.2) is 51.5 Å². The second kappa shape index (κ2) is 8.77. The van der Waals surface area contributed by atoms with Crippen LogP contribution < -0.4 is 5.32 Å². The molecule has 2 heterocycles. The summed E-state index contributed by atoms with van der Waals surface area (Å²) in [5.41, 5.74) is 2.03. The van der Waals surface area contributed by atoms with Crippen molar-refractivity contribution in [2.45, 2.75) is 45.6 Å². The monoisotopic (exact) mass is 419 g/mol. The summed E-state index contributed by atoms with van der Waals surface area (Å²) in [6.45, 7) is 7.36. The molecule has 0 saturated carbocycles. The molecule has 140 valence electrons. The fourth-order valence-electron chi connectivity index (χ4n) is 3.33. The molecule has 1 aliphatic rings. The van der Waals surface area contributed by atoms with E-state index in [1.807, 2.05) is 31.2 Å². The molecule has 1 N–H and O–H groups in total. The van der Waals surface area contributed by atoms with E-state index in [1.165, 1.54) is 12.8 Å². The van der Waals surface area contributed by atoms with E-state index in [0.717, 1.165) is 48.3 Å². The van der Waals surface area contributed by atoms with Crippen LogP contribution in [0.25, 0.3) is 5.69 Å². The Morgan fingerprint density at radius 1 is 1.35 bits per heavy atom. The molecule has 6 nitrogen and oxygen atoms in total. The smallest absolute Gasteiger partial charge is 0.273 e. The molecule has 3 rings (SSSR count). The van der Waals surface area contributed by atoms with Crippen LogP contribution >= 0.6 is 15.9 Å². The third-order valence-electron chi connectivity index (χ3n) is 4.91. The Labute approximate surface area is 163 Å². The Balaban J connectivity index is 1.61. The van der Waals surface area contributed by atoms with Gasteiger partial charge in [-0.25, -0.2) is 4.68 Å². The van der Waals surface area contributed by atoms with Gasteiger partial charge in [0.25, 0.3) is 5.91 Å². The number of piperidine rings is 1. The summed E-state index contributed by atoms with van der Waals surface area (Å²) in [5, 5.41) is 11.4. The van der Waals surface area contributed by atoms with E-state index in [-0.39, 0.29) is 11.9 Å². The van der Waals surface area contributed by atoms with Crippen molar-refractivity contribution in [2.24, 2.45) is 0 Å². The first-order chi connectivity index (χ1) is 12.6. The van der Waals surface area contributed by atoms with Crippen LogP contribution in [0.4, 0.5) is 0 Å². The quantitative estimate of drug-likeness (QED) is 0.779. The van der Waals surface area contributed by atoms with E-state index in [2.05, 4.69) is 43.4 Å². The normalized spacial score (nSPS) is 16.0. The van der Waals surface area contributed by atoms with Gasteiger partial charge in [-0.1, -0.05) is 40.6 Å². The third-order valence-corrected chi connectivity index (χ3v) is 5.41. The molecule has 26 heavy (non-hydrogen) atoms. The van der Waals surface area contributed by atoms with Gasteiger partial charge in [0.05, 0.1) is 11.4 Å². The van der Waals surface area contributed by atoms with Gasteiger partial charge in [0.1, 0.15) is 0 Å². The number of nitrogens with zero attached hydrogens (tertiary/aromatic N) is 4. The number of hydrogen-bond acceptors (Lipinski definition) is 4. The lowest BCUT2D eigenvalue weighted by Crippen LogP contribution is -2.45. The zero-order valence-electron chi connectivity index (χ0n) is 15.4. The maximum Gasteiger partial charge on any atom is 0.273 e. The summed E-state index contributed by atoms with van der Waals surface area (Å²) in [4.78, 5) is 15.1. The molecule has 1 fully saturated rings. The highest BCUT2D eigenvalue weighted by Crippen LogP contribution is 2.18. The van der Waals surface area contributed by atoms with Gasteiger partial charge in [-0.05, 0) is 50.9 Å². The van der Waals surface area contributed by atoms with Crippen LogP contribution in [0.15, 0.2) is 28.7 Å². The second-order valence-electron chi connectivity index (χ2n) is 6.86. The molecule has 1 aromatic heterocycles. The minimum atomic E-state index is -0.129. The minimum Gasteiger partial charge on any atom is -0.348 e. The molecule has 0 atom stereocenters. The van der Waals surface area contributed by atoms with Crippen molar-refractivity contribution in [3.05, 3.63) is 40.1 Å². The Bertz CT molecular complexity index is 752. The van der Waals surface area contributed by atoms with Crippen LogP contribution in [0.5, 0.6) is 0 Å². The number of halogens is 1. The van der Waals surface area contributed by atoms with Crippen molar-refractivity contribution in [3.63, 3.8) is 0 Å². The fraction of sp³-hybridized carbons (Fsp3) is 0.526. The molecule has 0 spiro atoms. The predicted molar refractivity (Wildman–Crippen MR) is 106 cm³/mol. The molecule has 0 bridgehead atoms. The lowest BCUT2D eigenvalue weighted by atomic mass is 10.0. The molecule has 1 saturated heterocycles. The standard InChI is InChI=1S/C19H26BrN5O/c1-3-4-10-24-11-8-16(9-12-24)21-19(26)18-14(2)25(23-22-18)17-7-5-6-15(20)13-17/h5-7,13,16H,3-4,8-12H2,1-2H3,(H,21,26). The van der Waals surface area contributed by atoms with Crippen molar-refractivity contribution >= 4 is 21.8 Å². The zero-order chi connectivity index (χ0) is 18.5. The second-order valence-corrected chi connectivity index (χ2v) is 7.77. The first kappa shape index (κ1) is 19.0. The zero-order valence-corrected chi connectivity index (χ0v) is 17.0. The van der Waals surface area contributed by atoms with E-state index < -0.39 is 0 Å². The number of hydrogen-bond donors (Lipinski definition) is 1. The van der Waals surface area contributed by atoms with Crippen molar-refractivity contribution in [2.75, 3.05) is 19.6 Å². The fourth-order valence-corrected chi connectivity index (χ4v) is 3.72. The average molecular weight is 420 g/mol. The van der Waals surface area contributed by atoms with E-state index in [4.69, 9.17) is 0 Å². The summed E-state index contributed by atoms with van der Waals surface area (Å²) >= 11 is 3.46. The molecule has 0 radical (unpaired) electrons. The first-order valence-electron chi connectivity index (χ1n) is 9.30. The maximum absolute atomic E-state index is 12.6.